The molecule has 2 rings (SSSR count). The maximum atomic E-state index is 12.0. The molecule has 2 amide bonds. The van der Waals surface area contributed by atoms with E-state index in [1.54, 1.807) is 24.3 Å². The van der Waals surface area contributed by atoms with Crippen molar-refractivity contribution in [1.82, 2.24) is 5.32 Å². The van der Waals surface area contributed by atoms with Gasteiger partial charge in [0, 0.05) is 30.1 Å². The van der Waals surface area contributed by atoms with Crippen molar-refractivity contribution >= 4 is 23.5 Å². The first kappa shape index (κ1) is 19.0. The van der Waals surface area contributed by atoms with Crippen LogP contribution in [-0.4, -0.2) is 29.4 Å². The van der Waals surface area contributed by atoms with Crippen molar-refractivity contribution in [3.8, 4) is 0 Å². The number of aliphatic carboxylic acids is 1. The molecule has 0 aromatic heterocycles. The van der Waals surface area contributed by atoms with Crippen LogP contribution in [0.15, 0.2) is 24.3 Å². The number of carbonyl (C=O) groups excluding carboxylic acids is 2. The van der Waals surface area contributed by atoms with Crippen molar-refractivity contribution in [3.05, 3.63) is 29.8 Å². The zero-order chi connectivity index (χ0) is 18.2. The zero-order valence-electron chi connectivity index (χ0n) is 14.6. The Morgan fingerprint density at radius 3 is 2.32 bits per heavy atom. The second kappa shape index (κ2) is 9.20. The summed E-state index contributed by atoms with van der Waals surface area (Å²) in [6, 6.07) is 6.89. The second-order valence-corrected chi connectivity index (χ2v) is 6.70. The average Bonchev–Trinajstić information content (AvgIpc) is 3.31. The number of unbranched alkanes of at least 4 members (excludes halogenated alkanes) is 3. The van der Waals surface area contributed by atoms with E-state index in [1.165, 1.54) is 0 Å². The molecule has 0 saturated heterocycles. The van der Waals surface area contributed by atoms with E-state index in [2.05, 4.69) is 17.6 Å². The van der Waals surface area contributed by atoms with Gasteiger partial charge in [0.1, 0.15) is 0 Å². The summed E-state index contributed by atoms with van der Waals surface area (Å²) in [6.45, 7) is 2.63. The number of carbonyl (C=O) groups is 3. The molecule has 3 N–H and O–H groups in total. The predicted octanol–water partition coefficient (Wildman–Crippen LogP) is 3.05. The van der Waals surface area contributed by atoms with Crippen LogP contribution in [0.1, 0.15) is 55.8 Å². The molecule has 0 radical (unpaired) electrons. The minimum atomic E-state index is -0.764. The van der Waals surface area contributed by atoms with Gasteiger partial charge in [-0.2, -0.15) is 0 Å². The van der Waals surface area contributed by atoms with Crippen LogP contribution in [0.2, 0.25) is 0 Å². The Kier molecular flexibility index (Phi) is 6.98. The van der Waals surface area contributed by atoms with Gasteiger partial charge in [-0.25, -0.2) is 0 Å². The summed E-state index contributed by atoms with van der Waals surface area (Å²) >= 11 is 0. The quantitative estimate of drug-likeness (QED) is 0.567. The van der Waals surface area contributed by atoms with Crippen LogP contribution in [0.3, 0.4) is 0 Å². The molecule has 0 aliphatic heterocycles. The van der Waals surface area contributed by atoms with Crippen molar-refractivity contribution in [2.24, 2.45) is 11.8 Å². The van der Waals surface area contributed by atoms with Crippen molar-refractivity contribution in [2.75, 3.05) is 11.9 Å². The minimum absolute atomic E-state index is 0.0487. The molecule has 0 bridgehead atoms. The maximum absolute atomic E-state index is 12.0. The molecule has 1 aromatic carbocycles. The van der Waals surface area contributed by atoms with Crippen LogP contribution in [0, 0.1) is 11.8 Å². The summed E-state index contributed by atoms with van der Waals surface area (Å²) in [4.78, 5) is 34.3. The molecule has 1 saturated carbocycles. The van der Waals surface area contributed by atoms with Gasteiger partial charge in [0.05, 0.1) is 0 Å². The van der Waals surface area contributed by atoms with Gasteiger partial charge >= 0.3 is 5.97 Å². The lowest BCUT2D eigenvalue weighted by molar-refractivity contribution is -0.137. The molecule has 6 heteroatoms. The van der Waals surface area contributed by atoms with Gasteiger partial charge in [-0.3, -0.25) is 14.4 Å². The normalized spacial score (nSPS) is 18.4. The van der Waals surface area contributed by atoms with Crippen LogP contribution in [0.25, 0.3) is 0 Å². The number of hydrogen-bond acceptors (Lipinski definition) is 3. The Balaban J connectivity index is 1.64. The highest BCUT2D eigenvalue weighted by atomic mass is 16.4. The topological polar surface area (TPSA) is 95.5 Å². The lowest BCUT2D eigenvalue weighted by Gasteiger charge is -2.07. The third kappa shape index (κ3) is 6.57. The van der Waals surface area contributed by atoms with E-state index in [0.717, 1.165) is 25.7 Å². The number of benzene rings is 1. The van der Waals surface area contributed by atoms with Gasteiger partial charge < -0.3 is 15.7 Å². The molecule has 2 unspecified atom stereocenters. The fourth-order valence-electron chi connectivity index (χ4n) is 2.69. The van der Waals surface area contributed by atoms with Gasteiger partial charge in [-0.15, -0.1) is 0 Å². The fourth-order valence-corrected chi connectivity index (χ4v) is 2.69. The SMILES string of the molecule is CC1CC1C(=O)Nc1ccc(C(=O)NCCCCCCC(=O)O)cc1. The summed E-state index contributed by atoms with van der Waals surface area (Å²) in [5.74, 6) is -0.265. The smallest absolute Gasteiger partial charge is 0.303 e. The Morgan fingerprint density at radius 2 is 1.72 bits per heavy atom. The standard InChI is InChI=1S/C19H26N2O4/c1-13-12-16(13)19(25)21-15-9-7-14(8-10-15)18(24)20-11-5-3-2-4-6-17(22)23/h7-10,13,16H,2-6,11-12H2,1H3,(H,20,24)(H,21,25)(H,22,23). The molecule has 1 fully saturated rings. The van der Waals surface area contributed by atoms with Crippen LogP contribution >= 0.6 is 0 Å². The number of carboxylic acid groups (broad SMARTS) is 1. The van der Waals surface area contributed by atoms with E-state index in [9.17, 15) is 14.4 Å². The Morgan fingerprint density at radius 1 is 1.08 bits per heavy atom. The van der Waals surface area contributed by atoms with Gasteiger partial charge in [-0.1, -0.05) is 19.8 Å². The molecular weight excluding hydrogens is 320 g/mol. The summed E-state index contributed by atoms with van der Waals surface area (Å²) < 4.78 is 0. The fraction of sp³-hybridized carbons (Fsp3) is 0.526. The number of nitrogens with one attached hydrogen (secondary N) is 2. The van der Waals surface area contributed by atoms with Crippen molar-refractivity contribution in [2.45, 2.75) is 45.4 Å². The number of hydrogen-bond donors (Lipinski definition) is 3. The van der Waals surface area contributed by atoms with Crippen LogP contribution in [0.4, 0.5) is 5.69 Å². The lowest BCUT2D eigenvalue weighted by atomic mass is 10.1. The highest BCUT2D eigenvalue weighted by Gasteiger charge is 2.39. The predicted molar refractivity (Wildman–Crippen MR) is 95.4 cm³/mol. The molecule has 0 heterocycles. The second-order valence-electron chi connectivity index (χ2n) is 6.70. The van der Waals surface area contributed by atoms with E-state index in [4.69, 9.17) is 5.11 Å². The molecule has 1 aromatic rings. The van der Waals surface area contributed by atoms with Gasteiger partial charge in [0.2, 0.25) is 5.91 Å². The van der Waals surface area contributed by atoms with Gasteiger partial charge in [-0.05, 0) is 49.4 Å². The minimum Gasteiger partial charge on any atom is -0.481 e. The Labute approximate surface area is 148 Å². The summed E-state index contributed by atoms with van der Waals surface area (Å²) in [5.41, 5.74) is 1.27. The van der Waals surface area contributed by atoms with Crippen molar-refractivity contribution in [1.29, 1.82) is 0 Å². The Hall–Kier alpha value is -2.37. The number of carboxylic acids is 1. The zero-order valence-corrected chi connectivity index (χ0v) is 14.6. The van der Waals surface area contributed by atoms with E-state index in [0.29, 0.717) is 30.1 Å². The lowest BCUT2D eigenvalue weighted by Crippen LogP contribution is -2.24. The molecule has 1 aliphatic rings. The molecule has 0 spiro atoms. The van der Waals surface area contributed by atoms with E-state index < -0.39 is 5.97 Å². The summed E-state index contributed by atoms with van der Waals surface area (Å²) in [5, 5.41) is 14.3. The third-order valence-electron chi connectivity index (χ3n) is 4.46. The van der Waals surface area contributed by atoms with E-state index in [-0.39, 0.29) is 24.2 Å². The molecule has 6 nitrogen and oxygen atoms in total. The number of amides is 2. The van der Waals surface area contributed by atoms with Crippen molar-refractivity contribution in [3.63, 3.8) is 0 Å². The van der Waals surface area contributed by atoms with E-state index in [1.807, 2.05) is 0 Å². The molecule has 2 atom stereocenters. The molecular formula is C19H26N2O4. The largest absolute Gasteiger partial charge is 0.481 e. The first-order chi connectivity index (χ1) is 12.0. The van der Waals surface area contributed by atoms with Crippen LogP contribution in [0.5, 0.6) is 0 Å². The molecule has 25 heavy (non-hydrogen) atoms. The summed E-state index contributed by atoms with van der Waals surface area (Å²) in [7, 11) is 0. The third-order valence-corrected chi connectivity index (χ3v) is 4.46. The molecule has 136 valence electrons. The maximum Gasteiger partial charge on any atom is 0.303 e. The van der Waals surface area contributed by atoms with Crippen LogP contribution in [-0.2, 0) is 9.59 Å². The number of rotatable bonds is 10. The van der Waals surface area contributed by atoms with Gasteiger partial charge in [0.25, 0.3) is 5.91 Å². The van der Waals surface area contributed by atoms with E-state index >= 15 is 0 Å². The van der Waals surface area contributed by atoms with Crippen molar-refractivity contribution < 1.29 is 19.5 Å². The highest BCUT2D eigenvalue weighted by molar-refractivity contribution is 5.96. The molecule has 1 aliphatic carbocycles. The summed E-state index contributed by atoms with van der Waals surface area (Å²) in [6.07, 6.45) is 4.42. The average molecular weight is 346 g/mol. The first-order valence-electron chi connectivity index (χ1n) is 8.88. The monoisotopic (exact) mass is 346 g/mol. The highest BCUT2D eigenvalue weighted by Crippen LogP contribution is 2.38. The first-order valence-corrected chi connectivity index (χ1v) is 8.88. The number of anilines is 1. The Bertz CT molecular complexity index is 612. The van der Waals surface area contributed by atoms with Gasteiger partial charge in [0.15, 0.2) is 0 Å². The van der Waals surface area contributed by atoms with Crippen LogP contribution < -0.4 is 10.6 Å².